The molecule has 0 spiro atoms. The van der Waals surface area contributed by atoms with Gasteiger partial charge in [-0.25, -0.2) is 4.99 Å². The van der Waals surface area contributed by atoms with E-state index in [0.717, 1.165) is 16.4 Å². The number of aliphatic imine (C=N–C) groups is 1. The number of anilines is 1. The summed E-state index contributed by atoms with van der Waals surface area (Å²) in [5.74, 6) is 0.336. The van der Waals surface area contributed by atoms with Gasteiger partial charge in [0.1, 0.15) is 5.75 Å². The molecule has 0 bridgehead atoms. The maximum absolute atomic E-state index is 13.6. The molecule has 2 aromatic carbocycles. The Labute approximate surface area is 214 Å². The monoisotopic (exact) mass is 510 g/mol. The van der Waals surface area contributed by atoms with E-state index in [2.05, 4.69) is 10.6 Å². The molecule has 35 heavy (non-hydrogen) atoms. The number of benzene rings is 2. The number of fused-ring (bicyclic) bond motifs is 1. The topological polar surface area (TPSA) is 83.0 Å². The van der Waals surface area contributed by atoms with Crippen LogP contribution in [0, 0.1) is 0 Å². The van der Waals surface area contributed by atoms with Gasteiger partial charge in [0.05, 0.1) is 30.8 Å². The van der Waals surface area contributed by atoms with Gasteiger partial charge in [-0.2, -0.15) is 0 Å². The van der Waals surface area contributed by atoms with Crippen LogP contribution in [0.15, 0.2) is 75.9 Å². The summed E-state index contributed by atoms with van der Waals surface area (Å²) in [5, 5.41) is 9.13. The first-order valence-corrected chi connectivity index (χ1v) is 12.5. The normalized spacial score (nSPS) is 17.1. The molecule has 2 aliphatic rings. The third-order valence-corrected chi connectivity index (χ3v) is 6.67. The summed E-state index contributed by atoms with van der Waals surface area (Å²) in [4.78, 5) is 32.9. The quantitative estimate of drug-likeness (QED) is 0.515. The number of nitrogens with one attached hydrogen (secondary N) is 2. The lowest BCUT2D eigenvalue weighted by Gasteiger charge is -2.36. The second-order valence-electron chi connectivity index (χ2n) is 8.53. The number of hydrogen-bond donors (Lipinski definition) is 2. The van der Waals surface area contributed by atoms with Crippen LogP contribution in [0.2, 0.25) is 5.02 Å². The Morgan fingerprint density at radius 2 is 1.94 bits per heavy atom. The number of ether oxygens (including phenoxy) is 1. The van der Waals surface area contributed by atoms with Gasteiger partial charge in [-0.3, -0.25) is 9.59 Å². The van der Waals surface area contributed by atoms with Crippen molar-refractivity contribution in [3.63, 3.8) is 0 Å². The Hall–Kier alpha value is -3.23. The first-order chi connectivity index (χ1) is 16.8. The predicted molar refractivity (Wildman–Crippen MR) is 141 cm³/mol. The van der Waals surface area contributed by atoms with E-state index < -0.39 is 6.04 Å². The standard InChI is InChI=1S/C26H27ClN4O3S/c1-15(2)28-22(32)13-20-14-35-26-29-16(3)23(24(31(20)26)17-6-5-7-18(27)12-17)25(33)30-19-8-10-21(34-4)11-9-19/h5-12,14-15,24H,13H2,1-4H3,(H,28,32)(H,30,33)/t24-/m1/s1. The van der Waals surface area contributed by atoms with Crippen molar-refractivity contribution in [2.75, 3.05) is 12.4 Å². The van der Waals surface area contributed by atoms with Gasteiger partial charge in [0.25, 0.3) is 5.91 Å². The van der Waals surface area contributed by atoms with E-state index in [1.165, 1.54) is 11.8 Å². The number of carbonyl (C=O) groups excluding carboxylic acids is 2. The molecule has 4 rings (SSSR count). The second-order valence-corrected chi connectivity index (χ2v) is 9.80. The second kappa shape index (κ2) is 10.6. The lowest BCUT2D eigenvalue weighted by atomic mass is 9.93. The third-order valence-electron chi connectivity index (χ3n) is 5.55. The van der Waals surface area contributed by atoms with Crippen molar-refractivity contribution in [2.24, 2.45) is 4.99 Å². The summed E-state index contributed by atoms with van der Waals surface area (Å²) >= 11 is 7.79. The van der Waals surface area contributed by atoms with E-state index in [-0.39, 0.29) is 24.3 Å². The van der Waals surface area contributed by atoms with Gasteiger partial charge in [-0.15, -0.1) is 0 Å². The Balaban J connectivity index is 1.71. The fourth-order valence-corrected chi connectivity index (χ4v) is 5.23. The molecule has 0 radical (unpaired) electrons. The van der Waals surface area contributed by atoms with Crippen LogP contribution in [0.25, 0.3) is 0 Å². The lowest BCUT2D eigenvalue weighted by molar-refractivity contribution is -0.121. The highest BCUT2D eigenvalue weighted by Gasteiger charge is 2.40. The molecule has 0 aliphatic carbocycles. The number of methoxy groups -OCH3 is 1. The van der Waals surface area contributed by atoms with Crippen molar-refractivity contribution in [2.45, 2.75) is 39.3 Å². The van der Waals surface area contributed by atoms with Gasteiger partial charge in [-0.1, -0.05) is 35.5 Å². The van der Waals surface area contributed by atoms with Gasteiger partial charge in [0.15, 0.2) is 5.17 Å². The maximum Gasteiger partial charge on any atom is 0.255 e. The molecular weight excluding hydrogens is 484 g/mol. The summed E-state index contributed by atoms with van der Waals surface area (Å²) in [5.41, 5.74) is 3.35. The van der Waals surface area contributed by atoms with Crippen molar-refractivity contribution in [1.29, 1.82) is 0 Å². The van der Waals surface area contributed by atoms with E-state index in [9.17, 15) is 9.59 Å². The number of carbonyl (C=O) groups is 2. The SMILES string of the molecule is COc1ccc(NC(=O)C2=C(C)N=C3SC=C(CC(=O)NC(C)C)N3[C@@H]2c2cccc(Cl)c2)cc1. The number of allylic oxidation sites excluding steroid dienone is 1. The first-order valence-electron chi connectivity index (χ1n) is 11.2. The fourth-order valence-electron chi connectivity index (χ4n) is 4.06. The maximum atomic E-state index is 13.6. The Kier molecular flexibility index (Phi) is 7.52. The van der Waals surface area contributed by atoms with Crippen LogP contribution >= 0.6 is 23.4 Å². The Bertz CT molecular complexity index is 1240. The minimum Gasteiger partial charge on any atom is -0.497 e. The van der Waals surface area contributed by atoms with Crippen LogP contribution in [0.4, 0.5) is 5.69 Å². The molecule has 0 unspecified atom stereocenters. The van der Waals surface area contributed by atoms with Crippen molar-refractivity contribution in [3.8, 4) is 5.75 Å². The molecule has 0 saturated carbocycles. The summed E-state index contributed by atoms with van der Waals surface area (Å²) in [7, 11) is 1.59. The van der Waals surface area contributed by atoms with Crippen molar-refractivity contribution in [3.05, 3.63) is 81.5 Å². The van der Waals surface area contributed by atoms with Crippen molar-refractivity contribution >= 4 is 46.0 Å². The zero-order valence-electron chi connectivity index (χ0n) is 20.0. The lowest BCUT2D eigenvalue weighted by Crippen LogP contribution is -2.39. The summed E-state index contributed by atoms with van der Waals surface area (Å²) < 4.78 is 5.21. The number of amides is 2. The summed E-state index contributed by atoms with van der Waals surface area (Å²) in [6.45, 7) is 5.67. The molecule has 2 aromatic rings. The number of amidine groups is 1. The zero-order chi connectivity index (χ0) is 25.1. The number of thioether (sulfide) groups is 1. The molecule has 1 atom stereocenters. The molecule has 2 N–H and O–H groups in total. The van der Waals surface area contributed by atoms with Gasteiger partial charge in [0.2, 0.25) is 5.91 Å². The molecule has 182 valence electrons. The molecule has 0 saturated heterocycles. The smallest absolute Gasteiger partial charge is 0.255 e. The van der Waals surface area contributed by atoms with Gasteiger partial charge in [0, 0.05) is 22.4 Å². The fraction of sp³-hybridized carbons (Fsp3) is 0.269. The Morgan fingerprint density at radius 1 is 1.20 bits per heavy atom. The van der Waals surface area contributed by atoms with Gasteiger partial charge in [-0.05, 0) is 68.1 Å². The van der Waals surface area contributed by atoms with Crippen LogP contribution < -0.4 is 15.4 Å². The highest BCUT2D eigenvalue weighted by molar-refractivity contribution is 8.16. The summed E-state index contributed by atoms with van der Waals surface area (Å²) in [6.07, 6.45) is 0.174. The van der Waals surface area contributed by atoms with Crippen LogP contribution in [-0.2, 0) is 9.59 Å². The van der Waals surface area contributed by atoms with Gasteiger partial charge >= 0.3 is 0 Å². The van der Waals surface area contributed by atoms with Crippen LogP contribution in [0.3, 0.4) is 0 Å². The first kappa shape index (κ1) is 24.9. The van der Waals surface area contributed by atoms with E-state index in [4.69, 9.17) is 21.3 Å². The minimum absolute atomic E-state index is 0.0309. The number of halogens is 1. The highest BCUT2D eigenvalue weighted by atomic mass is 35.5. The Morgan fingerprint density at radius 3 is 2.60 bits per heavy atom. The van der Waals surface area contributed by atoms with Crippen LogP contribution in [0.5, 0.6) is 5.75 Å². The number of nitrogens with zero attached hydrogens (tertiary/aromatic N) is 2. The number of hydrogen-bond acceptors (Lipinski definition) is 6. The van der Waals surface area contributed by atoms with Crippen LogP contribution in [0.1, 0.15) is 38.8 Å². The van der Waals surface area contributed by atoms with Crippen molar-refractivity contribution in [1.82, 2.24) is 10.2 Å². The van der Waals surface area contributed by atoms with E-state index in [0.29, 0.717) is 27.7 Å². The van der Waals surface area contributed by atoms with E-state index in [1.54, 1.807) is 37.4 Å². The largest absolute Gasteiger partial charge is 0.497 e. The molecular formula is C26H27ClN4O3S. The van der Waals surface area contributed by atoms with Crippen LogP contribution in [-0.4, -0.2) is 35.0 Å². The predicted octanol–water partition coefficient (Wildman–Crippen LogP) is 5.48. The molecule has 0 aromatic heterocycles. The van der Waals surface area contributed by atoms with Crippen molar-refractivity contribution < 1.29 is 14.3 Å². The third kappa shape index (κ3) is 5.55. The molecule has 2 amide bonds. The molecule has 7 nitrogen and oxygen atoms in total. The van der Waals surface area contributed by atoms with E-state index in [1.807, 2.05) is 49.3 Å². The highest BCUT2D eigenvalue weighted by Crippen LogP contribution is 2.45. The molecule has 2 heterocycles. The average Bonchev–Trinajstić information content (AvgIpc) is 3.19. The molecule has 9 heteroatoms. The summed E-state index contributed by atoms with van der Waals surface area (Å²) in [6, 6.07) is 14.1. The molecule has 2 aliphatic heterocycles. The zero-order valence-corrected chi connectivity index (χ0v) is 21.5. The average molecular weight is 511 g/mol. The number of rotatable bonds is 7. The van der Waals surface area contributed by atoms with E-state index >= 15 is 0 Å². The minimum atomic E-state index is -0.493. The van der Waals surface area contributed by atoms with Gasteiger partial charge < -0.3 is 20.3 Å². The molecule has 0 fully saturated rings.